The van der Waals surface area contributed by atoms with Gasteiger partial charge in [-0.3, -0.25) is 9.59 Å². The Labute approximate surface area is 124 Å². The Bertz CT molecular complexity index is 421. The quantitative estimate of drug-likeness (QED) is 0.401. The molecule has 0 saturated carbocycles. The first-order chi connectivity index (χ1) is 10.2. The maximum atomic E-state index is 11.5. The van der Waals surface area contributed by atoms with Crippen LogP contribution in [0.15, 0.2) is 30.3 Å². The lowest BCUT2D eigenvalue weighted by atomic mass is 10.2. The van der Waals surface area contributed by atoms with Crippen LogP contribution >= 0.6 is 0 Å². The first-order valence-corrected chi connectivity index (χ1v) is 6.83. The van der Waals surface area contributed by atoms with Crippen LogP contribution in [0, 0.1) is 0 Å². The maximum Gasteiger partial charge on any atom is 0.307 e. The highest BCUT2D eigenvalue weighted by Crippen LogP contribution is 2.01. The number of rotatable bonds is 10. The van der Waals surface area contributed by atoms with Crippen LogP contribution in [-0.4, -0.2) is 32.2 Å². The van der Waals surface area contributed by atoms with E-state index < -0.39 is 0 Å². The fraction of sp³-hybridized carbons (Fsp3) is 0.467. The molecule has 0 aliphatic carbocycles. The van der Waals surface area contributed by atoms with Gasteiger partial charge in [0.05, 0.1) is 20.1 Å². The molecule has 0 amide bonds. The zero-order chi connectivity index (χ0) is 15.3. The van der Waals surface area contributed by atoms with Gasteiger partial charge in [-0.2, -0.15) is 0 Å². The molecule has 0 spiro atoms. The van der Waals surface area contributed by atoms with Gasteiger partial charge in [0.2, 0.25) is 0 Å². The van der Waals surface area contributed by atoms with Crippen LogP contribution in [0.5, 0.6) is 0 Å². The minimum atomic E-state index is -0.287. The number of ether oxygens (including phenoxy) is 2. The van der Waals surface area contributed by atoms with E-state index in [2.05, 4.69) is 10.2 Å². The van der Waals surface area contributed by atoms with E-state index in [0.717, 1.165) is 5.56 Å². The van der Waals surface area contributed by atoms with E-state index >= 15 is 0 Å². The summed E-state index contributed by atoms with van der Waals surface area (Å²) in [4.78, 5) is 27.4. The Hall–Kier alpha value is -1.92. The summed E-state index contributed by atoms with van der Waals surface area (Å²) in [5.41, 5.74) is 3.61. The first kappa shape index (κ1) is 17.1. The van der Waals surface area contributed by atoms with Crippen molar-refractivity contribution >= 4 is 11.9 Å². The molecular weight excluding hydrogens is 274 g/mol. The molecule has 0 aliphatic rings. The number of carbonyl (C=O) groups is 2. The third kappa shape index (κ3) is 8.78. The number of benzene rings is 1. The fourth-order valence-corrected chi connectivity index (χ4v) is 1.50. The van der Waals surface area contributed by atoms with Crippen molar-refractivity contribution in [2.24, 2.45) is 0 Å². The second-order valence-electron chi connectivity index (χ2n) is 4.32. The molecule has 116 valence electrons. The molecule has 1 aromatic carbocycles. The summed E-state index contributed by atoms with van der Waals surface area (Å²) in [6, 6.07) is 9.50. The molecule has 0 fully saturated rings. The molecule has 6 heteroatoms. The van der Waals surface area contributed by atoms with Crippen LogP contribution in [0.25, 0.3) is 0 Å². The smallest absolute Gasteiger partial charge is 0.307 e. The highest BCUT2D eigenvalue weighted by molar-refractivity contribution is 5.69. The molecule has 0 unspecified atom stereocenters. The summed E-state index contributed by atoms with van der Waals surface area (Å²) >= 11 is 0. The number of methoxy groups -OCH3 is 1. The Morgan fingerprint density at radius 2 is 1.86 bits per heavy atom. The minimum absolute atomic E-state index is 0.226. The molecule has 6 nitrogen and oxygen atoms in total. The average Bonchev–Trinajstić information content (AvgIpc) is 2.52. The monoisotopic (exact) mass is 295 g/mol. The van der Waals surface area contributed by atoms with Crippen molar-refractivity contribution in [1.82, 2.24) is 5.48 Å². The van der Waals surface area contributed by atoms with Crippen LogP contribution in [0.1, 0.15) is 24.8 Å². The van der Waals surface area contributed by atoms with E-state index in [4.69, 9.17) is 9.57 Å². The average molecular weight is 295 g/mol. The molecule has 0 aromatic heterocycles. The van der Waals surface area contributed by atoms with Crippen molar-refractivity contribution in [1.29, 1.82) is 0 Å². The van der Waals surface area contributed by atoms with Crippen molar-refractivity contribution in [3.8, 4) is 0 Å². The minimum Gasteiger partial charge on any atom is -0.469 e. The van der Waals surface area contributed by atoms with Crippen LogP contribution in [0.3, 0.4) is 0 Å². The predicted molar refractivity (Wildman–Crippen MR) is 76.1 cm³/mol. The number of hydrogen-bond acceptors (Lipinski definition) is 6. The van der Waals surface area contributed by atoms with Crippen molar-refractivity contribution < 1.29 is 23.9 Å². The molecule has 0 saturated heterocycles. The zero-order valence-electron chi connectivity index (χ0n) is 12.2. The number of nitrogens with one attached hydrogen (secondary N) is 1. The van der Waals surface area contributed by atoms with Gasteiger partial charge in [-0.15, -0.1) is 0 Å². The Kier molecular flexibility index (Phi) is 8.83. The molecule has 1 rings (SSSR count). The molecule has 0 aliphatic heterocycles. The van der Waals surface area contributed by atoms with Crippen molar-refractivity contribution in [2.75, 3.05) is 20.3 Å². The lowest BCUT2D eigenvalue weighted by Crippen LogP contribution is -2.20. The van der Waals surface area contributed by atoms with Gasteiger partial charge in [-0.05, 0) is 12.0 Å². The molecule has 0 radical (unpaired) electrons. The summed E-state index contributed by atoms with van der Waals surface area (Å²) in [5, 5.41) is 0. The normalized spacial score (nSPS) is 10.1. The van der Waals surface area contributed by atoms with E-state index in [-0.39, 0.29) is 25.0 Å². The van der Waals surface area contributed by atoms with Gasteiger partial charge in [0, 0.05) is 13.0 Å². The van der Waals surface area contributed by atoms with E-state index in [0.29, 0.717) is 26.0 Å². The summed E-state index contributed by atoms with van der Waals surface area (Å²) in [7, 11) is 1.35. The van der Waals surface area contributed by atoms with E-state index in [1.165, 1.54) is 7.11 Å². The van der Waals surface area contributed by atoms with Gasteiger partial charge in [-0.25, -0.2) is 5.48 Å². The summed E-state index contributed by atoms with van der Waals surface area (Å²) in [6.45, 7) is 1.03. The van der Waals surface area contributed by atoms with Gasteiger partial charge in [-0.1, -0.05) is 30.3 Å². The number of esters is 2. The molecule has 1 aromatic rings. The van der Waals surface area contributed by atoms with Crippen molar-refractivity contribution in [2.45, 2.75) is 25.9 Å². The highest BCUT2D eigenvalue weighted by atomic mass is 16.6. The molecular formula is C15H21NO5. The summed E-state index contributed by atoms with van der Waals surface area (Å²) in [6.07, 6.45) is 1.11. The maximum absolute atomic E-state index is 11.5. The zero-order valence-corrected chi connectivity index (χ0v) is 12.2. The lowest BCUT2D eigenvalue weighted by molar-refractivity contribution is -0.145. The van der Waals surface area contributed by atoms with Crippen LogP contribution < -0.4 is 5.48 Å². The third-order valence-corrected chi connectivity index (χ3v) is 2.63. The first-order valence-electron chi connectivity index (χ1n) is 6.83. The fourth-order valence-electron chi connectivity index (χ4n) is 1.50. The second kappa shape index (κ2) is 10.8. The van der Waals surface area contributed by atoms with Crippen molar-refractivity contribution in [3.63, 3.8) is 0 Å². The summed E-state index contributed by atoms with van der Waals surface area (Å²) < 4.78 is 9.60. The van der Waals surface area contributed by atoms with Crippen LogP contribution in [0.4, 0.5) is 0 Å². The van der Waals surface area contributed by atoms with Gasteiger partial charge in [0.1, 0.15) is 6.61 Å². The standard InChI is InChI=1S/C15H21NO5/c1-19-14(17)8-5-11-21-16-10-9-15(18)20-12-13-6-3-2-4-7-13/h2-4,6-7,16H,5,8-12H2,1H3. The Balaban J connectivity index is 1.95. The molecule has 0 heterocycles. The van der Waals surface area contributed by atoms with Gasteiger partial charge in [0.25, 0.3) is 0 Å². The SMILES string of the molecule is COC(=O)CCCONCCC(=O)OCc1ccccc1. The molecule has 0 atom stereocenters. The Morgan fingerprint density at radius 1 is 1.10 bits per heavy atom. The van der Waals surface area contributed by atoms with Gasteiger partial charge in [0.15, 0.2) is 0 Å². The Morgan fingerprint density at radius 3 is 2.57 bits per heavy atom. The molecule has 0 bridgehead atoms. The third-order valence-electron chi connectivity index (χ3n) is 2.63. The van der Waals surface area contributed by atoms with Crippen LogP contribution in [0.2, 0.25) is 0 Å². The second-order valence-corrected chi connectivity index (χ2v) is 4.32. The highest BCUT2D eigenvalue weighted by Gasteiger charge is 2.03. The number of hydroxylamine groups is 1. The van der Waals surface area contributed by atoms with Crippen LogP contribution in [-0.2, 0) is 30.5 Å². The topological polar surface area (TPSA) is 73.9 Å². The molecule has 1 N–H and O–H groups in total. The largest absolute Gasteiger partial charge is 0.469 e. The van der Waals surface area contributed by atoms with Crippen molar-refractivity contribution in [3.05, 3.63) is 35.9 Å². The van der Waals surface area contributed by atoms with E-state index in [9.17, 15) is 9.59 Å². The van der Waals surface area contributed by atoms with E-state index in [1.54, 1.807) is 0 Å². The number of hydrogen-bond donors (Lipinski definition) is 1. The molecule has 21 heavy (non-hydrogen) atoms. The van der Waals surface area contributed by atoms with E-state index in [1.807, 2.05) is 30.3 Å². The predicted octanol–water partition coefficient (Wildman–Crippen LogP) is 1.59. The van der Waals surface area contributed by atoms with Gasteiger partial charge < -0.3 is 14.3 Å². The lowest BCUT2D eigenvalue weighted by Gasteiger charge is -2.06. The van der Waals surface area contributed by atoms with Gasteiger partial charge >= 0.3 is 11.9 Å². The number of carbonyl (C=O) groups excluding carboxylic acids is 2. The summed E-state index contributed by atoms with van der Waals surface area (Å²) in [5.74, 6) is -0.549.